The van der Waals surface area contributed by atoms with Gasteiger partial charge in [-0.3, -0.25) is 9.69 Å². The molecule has 2 aliphatic rings. The fourth-order valence-corrected chi connectivity index (χ4v) is 3.93. The number of carbonyl (C=O) groups excluding carboxylic acids is 1. The summed E-state index contributed by atoms with van der Waals surface area (Å²) in [5, 5.41) is 2.97. The van der Waals surface area contributed by atoms with Crippen LogP contribution in [0.15, 0.2) is 24.3 Å². The van der Waals surface area contributed by atoms with Gasteiger partial charge in [-0.25, -0.2) is 4.39 Å². The highest BCUT2D eigenvalue weighted by atomic mass is 19.1. The molecule has 0 aromatic heterocycles. The molecule has 0 bridgehead atoms. The van der Waals surface area contributed by atoms with Crippen molar-refractivity contribution in [3.63, 3.8) is 0 Å². The number of amides is 1. The van der Waals surface area contributed by atoms with Crippen LogP contribution in [0.4, 0.5) is 4.39 Å². The van der Waals surface area contributed by atoms with E-state index in [-0.39, 0.29) is 11.7 Å². The number of nitrogens with zero attached hydrogens (tertiary/aromatic N) is 1. The number of halogens is 1. The van der Waals surface area contributed by atoms with Crippen LogP contribution in [0.1, 0.15) is 44.1 Å². The number of hydrogen-bond acceptors (Lipinski definition) is 2. The molecule has 0 saturated carbocycles. The van der Waals surface area contributed by atoms with Crippen LogP contribution in [-0.4, -0.2) is 36.5 Å². The standard InChI is InChI=1S/C18H25FN2O/c1-13(14-5-7-16(19)8-6-14)12-21-9-3-2-4-17(21)15-10-18(22)20-11-15/h5-8,13,15,17H,2-4,9-12H2,1H3,(H,20,22)/t13-,15-,17+/m1/s1. The topological polar surface area (TPSA) is 32.3 Å². The fraction of sp³-hybridized carbons (Fsp3) is 0.611. The van der Waals surface area contributed by atoms with Crippen molar-refractivity contribution >= 4 is 5.91 Å². The molecule has 4 heteroatoms. The van der Waals surface area contributed by atoms with Crippen molar-refractivity contribution in [1.29, 1.82) is 0 Å². The molecule has 0 spiro atoms. The summed E-state index contributed by atoms with van der Waals surface area (Å²) in [6.45, 7) is 5.13. The van der Waals surface area contributed by atoms with Gasteiger partial charge in [0.05, 0.1) is 0 Å². The number of likely N-dealkylation sites (tertiary alicyclic amines) is 1. The van der Waals surface area contributed by atoms with Crippen molar-refractivity contribution in [2.24, 2.45) is 5.92 Å². The van der Waals surface area contributed by atoms with Crippen molar-refractivity contribution in [1.82, 2.24) is 10.2 Å². The zero-order chi connectivity index (χ0) is 15.5. The molecule has 2 saturated heterocycles. The predicted octanol–water partition coefficient (Wildman–Crippen LogP) is 2.92. The van der Waals surface area contributed by atoms with Crippen molar-refractivity contribution in [2.75, 3.05) is 19.6 Å². The minimum atomic E-state index is -0.178. The third-order valence-electron chi connectivity index (χ3n) is 5.16. The SMILES string of the molecule is C[C@H](CN1CCCC[C@H]1[C@H]1CNC(=O)C1)c1ccc(F)cc1. The van der Waals surface area contributed by atoms with Gasteiger partial charge in [0.2, 0.25) is 5.91 Å². The fourth-order valence-electron chi connectivity index (χ4n) is 3.93. The van der Waals surface area contributed by atoms with Crippen molar-refractivity contribution < 1.29 is 9.18 Å². The first-order valence-electron chi connectivity index (χ1n) is 8.39. The van der Waals surface area contributed by atoms with E-state index >= 15 is 0 Å². The molecule has 22 heavy (non-hydrogen) atoms. The van der Waals surface area contributed by atoms with E-state index in [1.165, 1.54) is 24.8 Å². The Bertz CT molecular complexity index is 516. The van der Waals surface area contributed by atoms with Crippen molar-refractivity contribution in [3.05, 3.63) is 35.6 Å². The molecule has 0 unspecified atom stereocenters. The van der Waals surface area contributed by atoms with Crippen LogP contribution in [0.5, 0.6) is 0 Å². The molecule has 120 valence electrons. The van der Waals surface area contributed by atoms with Crippen LogP contribution < -0.4 is 5.32 Å². The Hall–Kier alpha value is -1.42. The predicted molar refractivity (Wildman–Crippen MR) is 85.1 cm³/mol. The molecule has 1 aromatic carbocycles. The van der Waals surface area contributed by atoms with Gasteiger partial charge in [0.15, 0.2) is 0 Å². The molecule has 3 rings (SSSR count). The van der Waals surface area contributed by atoms with Crippen LogP contribution in [0.2, 0.25) is 0 Å². The van der Waals surface area contributed by atoms with Gasteiger partial charge in [-0.1, -0.05) is 25.5 Å². The van der Waals surface area contributed by atoms with E-state index < -0.39 is 0 Å². The highest BCUT2D eigenvalue weighted by molar-refractivity contribution is 5.78. The van der Waals surface area contributed by atoms with E-state index in [4.69, 9.17) is 0 Å². The summed E-state index contributed by atoms with van der Waals surface area (Å²) < 4.78 is 13.1. The second-order valence-corrected chi connectivity index (χ2v) is 6.78. The summed E-state index contributed by atoms with van der Waals surface area (Å²) in [5.41, 5.74) is 1.19. The van der Waals surface area contributed by atoms with Crippen LogP contribution >= 0.6 is 0 Å². The number of carbonyl (C=O) groups is 1. The number of benzene rings is 1. The van der Waals surface area contributed by atoms with Gasteiger partial charge >= 0.3 is 0 Å². The van der Waals surface area contributed by atoms with Crippen LogP contribution in [-0.2, 0) is 4.79 Å². The molecule has 1 aromatic rings. The number of piperidine rings is 1. The third-order valence-corrected chi connectivity index (χ3v) is 5.16. The zero-order valence-electron chi connectivity index (χ0n) is 13.2. The average Bonchev–Trinajstić information content (AvgIpc) is 2.95. The molecule has 3 atom stereocenters. The second kappa shape index (κ2) is 6.78. The van der Waals surface area contributed by atoms with Gasteiger partial charge in [-0.2, -0.15) is 0 Å². The molecular formula is C18H25FN2O. The number of hydrogen-bond donors (Lipinski definition) is 1. The molecule has 2 heterocycles. The molecular weight excluding hydrogens is 279 g/mol. The van der Waals surface area contributed by atoms with Gasteiger partial charge in [0.25, 0.3) is 0 Å². The first-order valence-corrected chi connectivity index (χ1v) is 8.39. The summed E-state index contributed by atoms with van der Waals surface area (Å²) in [6.07, 6.45) is 4.36. The first kappa shape index (κ1) is 15.5. The number of nitrogens with one attached hydrogen (secondary N) is 1. The third kappa shape index (κ3) is 3.49. The van der Waals surface area contributed by atoms with Gasteiger partial charge in [0, 0.05) is 31.5 Å². The van der Waals surface area contributed by atoms with Crippen LogP contribution in [0.3, 0.4) is 0 Å². The van der Waals surface area contributed by atoms with E-state index in [1.807, 2.05) is 12.1 Å². The lowest BCUT2D eigenvalue weighted by Crippen LogP contribution is -2.46. The van der Waals surface area contributed by atoms with E-state index in [1.54, 1.807) is 12.1 Å². The highest BCUT2D eigenvalue weighted by Gasteiger charge is 2.34. The largest absolute Gasteiger partial charge is 0.356 e. The second-order valence-electron chi connectivity index (χ2n) is 6.78. The van der Waals surface area contributed by atoms with Crippen LogP contribution in [0.25, 0.3) is 0 Å². The van der Waals surface area contributed by atoms with Crippen molar-refractivity contribution in [2.45, 2.75) is 44.6 Å². The van der Waals surface area contributed by atoms with Crippen molar-refractivity contribution in [3.8, 4) is 0 Å². The average molecular weight is 304 g/mol. The Labute approximate surface area is 131 Å². The van der Waals surface area contributed by atoms with E-state index in [9.17, 15) is 9.18 Å². The molecule has 0 aliphatic carbocycles. The molecule has 0 radical (unpaired) electrons. The Kier molecular flexibility index (Phi) is 4.77. The van der Waals surface area contributed by atoms with Gasteiger partial charge in [0.1, 0.15) is 5.82 Å². The summed E-state index contributed by atoms with van der Waals surface area (Å²) in [4.78, 5) is 14.1. The molecule has 1 amide bonds. The Balaban J connectivity index is 1.65. The summed E-state index contributed by atoms with van der Waals surface area (Å²) in [5.74, 6) is 0.851. The van der Waals surface area contributed by atoms with E-state index in [0.717, 1.165) is 19.6 Å². The Morgan fingerprint density at radius 2 is 2.09 bits per heavy atom. The van der Waals surface area contributed by atoms with Gasteiger partial charge in [-0.15, -0.1) is 0 Å². The maximum Gasteiger partial charge on any atom is 0.220 e. The zero-order valence-corrected chi connectivity index (χ0v) is 13.2. The summed E-state index contributed by atoms with van der Waals surface area (Å²) in [6, 6.07) is 7.37. The quantitative estimate of drug-likeness (QED) is 0.927. The normalized spacial score (nSPS) is 27.6. The van der Waals surface area contributed by atoms with Gasteiger partial charge in [-0.05, 0) is 43.0 Å². The molecule has 1 N–H and O–H groups in total. The van der Waals surface area contributed by atoms with Gasteiger partial charge < -0.3 is 5.32 Å². The Morgan fingerprint density at radius 1 is 1.32 bits per heavy atom. The Morgan fingerprint density at radius 3 is 2.77 bits per heavy atom. The smallest absolute Gasteiger partial charge is 0.220 e. The lowest BCUT2D eigenvalue weighted by atomic mass is 9.88. The lowest BCUT2D eigenvalue weighted by Gasteiger charge is -2.40. The monoisotopic (exact) mass is 304 g/mol. The first-order chi connectivity index (χ1) is 10.6. The maximum atomic E-state index is 13.1. The van der Waals surface area contributed by atoms with E-state index in [0.29, 0.717) is 24.3 Å². The summed E-state index contributed by atoms with van der Waals surface area (Å²) >= 11 is 0. The lowest BCUT2D eigenvalue weighted by molar-refractivity contribution is -0.119. The molecule has 2 fully saturated rings. The maximum absolute atomic E-state index is 13.1. The minimum absolute atomic E-state index is 0.178. The number of rotatable bonds is 4. The molecule has 3 nitrogen and oxygen atoms in total. The van der Waals surface area contributed by atoms with Crippen LogP contribution in [0, 0.1) is 11.7 Å². The summed E-state index contributed by atoms with van der Waals surface area (Å²) in [7, 11) is 0. The van der Waals surface area contributed by atoms with E-state index in [2.05, 4.69) is 17.1 Å². The highest BCUT2D eigenvalue weighted by Crippen LogP contribution is 2.29. The minimum Gasteiger partial charge on any atom is -0.356 e. The molecule has 2 aliphatic heterocycles.